The van der Waals surface area contributed by atoms with Crippen molar-refractivity contribution in [2.24, 2.45) is 76.9 Å². The Morgan fingerprint density at radius 2 is 1.21 bits per heavy atom. The fraction of sp³-hybridized carbons (Fsp3) is 0.880. The summed E-state index contributed by atoms with van der Waals surface area (Å²) in [6.45, 7) is 24.4. The Bertz CT molecular complexity index is 1400. The fourth-order valence-corrected chi connectivity index (χ4v) is 10.1. The molecule has 11 nitrogen and oxygen atoms in total. The summed E-state index contributed by atoms with van der Waals surface area (Å²) in [6.07, 6.45) is 11.3. The molecule has 6 aliphatic carbocycles. The van der Waals surface area contributed by atoms with Gasteiger partial charge >= 0.3 is 35.8 Å². The van der Waals surface area contributed by atoms with Gasteiger partial charge in [-0.05, 0) is 132 Å². The molecule has 0 N–H and O–H groups in total. The molecule has 2 aliphatic heterocycles. The van der Waals surface area contributed by atoms with Gasteiger partial charge in [0.15, 0.2) is 0 Å². The average molecular weight is 867 g/mol. The number of rotatable bonds is 9. The Hall–Kier alpha value is -2.98. The van der Waals surface area contributed by atoms with Gasteiger partial charge in [-0.3, -0.25) is 24.0 Å². The first kappa shape index (κ1) is 58.0. The largest absolute Gasteiger partial charge is 0.463 e. The first-order valence-electron chi connectivity index (χ1n) is 22.2. The molecule has 61 heavy (non-hydrogen) atoms. The molecular weight excluding hydrogens is 777 g/mol. The molecule has 0 aromatic heterocycles. The summed E-state index contributed by atoms with van der Waals surface area (Å²) in [6, 6.07) is 0. The van der Waals surface area contributed by atoms with Gasteiger partial charge in [-0.15, -0.1) is 0 Å². The number of esters is 6. The zero-order valence-electron chi connectivity index (χ0n) is 37.1. The van der Waals surface area contributed by atoms with Gasteiger partial charge in [-0.2, -0.15) is 0 Å². The van der Waals surface area contributed by atoms with Crippen LogP contribution in [0.3, 0.4) is 0 Å². The summed E-state index contributed by atoms with van der Waals surface area (Å²) in [4.78, 5) is 67.7. The minimum absolute atomic E-state index is 0. The van der Waals surface area contributed by atoms with E-state index in [4.69, 9.17) is 14.2 Å². The molecule has 10 unspecified atom stereocenters. The van der Waals surface area contributed by atoms with Crippen LogP contribution in [0.5, 0.6) is 0 Å². The maximum atomic E-state index is 12.2. The van der Waals surface area contributed by atoms with Crippen molar-refractivity contribution in [3.05, 3.63) is 0 Å². The summed E-state index contributed by atoms with van der Waals surface area (Å²) in [5.74, 6) is 4.12. The number of carbonyl (C=O) groups is 6. The van der Waals surface area contributed by atoms with Gasteiger partial charge in [0.05, 0.1) is 36.2 Å². The summed E-state index contributed by atoms with van der Waals surface area (Å²) >= 11 is 0. The Labute approximate surface area is 371 Å². The normalized spacial score (nSPS) is 35.4. The van der Waals surface area contributed by atoms with Crippen molar-refractivity contribution >= 4 is 35.8 Å². The molecule has 8 rings (SSSR count). The minimum atomic E-state index is -0.665. The molecule has 2 saturated heterocycles. The van der Waals surface area contributed by atoms with Crippen molar-refractivity contribution in [1.82, 2.24) is 0 Å². The highest BCUT2D eigenvalue weighted by Gasteiger charge is 2.57. The van der Waals surface area contributed by atoms with E-state index in [2.05, 4.69) is 44.1 Å². The lowest BCUT2D eigenvalue weighted by atomic mass is 9.50. The first-order valence-corrected chi connectivity index (χ1v) is 22.2. The average Bonchev–Trinajstić information content (AvgIpc) is 3.92. The second-order valence-corrected chi connectivity index (χ2v) is 19.5. The second kappa shape index (κ2) is 24.2. The van der Waals surface area contributed by atoms with Crippen molar-refractivity contribution in [2.45, 2.75) is 201 Å². The van der Waals surface area contributed by atoms with Crippen LogP contribution in [0.15, 0.2) is 0 Å². The number of hydrogen-bond acceptors (Lipinski definition) is 11. The molecule has 2 heterocycles. The zero-order chi connectivity index (χ0) is 42.6. The third-order valence-corrected chi connectivity index (χ3v) is 15.4. The SMILES string of the molecule is C.C.C.C.CC1C(=O)OC(=O)C1C.CCC(C)(C)OC(=O)C1CC2CC1C(C)C2C.CCC(C)C(=O)OC1(C)C2CC3CC(C2)CC1C3.CCC(C)C(=O)OC1CCOC1=O. The standard InChI is InChI=1S/C16H26O2.C15H26O2.C9H14O4.C6H8O3.4CH4/c1-4-10(2)15(17)18-16(3)13-6-11-5-12(8-13)9-14(16)7-11;1-6-15(4,5)17-14(16)13-8-11-7-12(13)10(3)9(11)2;1-3-6(2)8(10)13-7-4-5-12-9(7)11;1-3-4(2)6(8)9-5(3)7;;;;/h10-14H,4-9H2,1-3H3;9-13H,6-8H2,1-5H3;6-7H,3-5H2,1-2H3;3-4H,1-2H3;4*1H4. The second-order valence-electron chi connectivity index (χ2n) is 19.5. The topological polar surface area (TPSA) is 149 Å². The molecule has 356 valence electrons. The van der Waals surface area contributed by atoms with Gasteiger partial charge < -0.3 is 23.7 Å². The number of ether oxygens (including phenoxy) is 5. The van der Waals surface area contributed by atoms with E-state index in [-0.39, 0.29) is 88.4 Å². The molecule has 0 aromatic carbocycles. The number of fused-ring (bicyclic) bond motifs is 2. The quantitative estimate of drug-likeness (QED) is 0.124. The third kappa shape index (κ3) is 13.8. The zero-order valence-corrected chi connectivity index (χ0v) is 37.1. The van der Waals surface area contributed by atoms with Crippen molar-refractivity contribution in [3.63, 3.8) is 0 Å². The van der Waals surface area contributed by atoms with Gasteiger partial charge in [0.2, 0.25) is 6.10 Å². The van der Waals surface area contributed by atoms with E-state index in [1.165, 1.54) is 38.5 Å². The predicted octanol–water partition coefficient (Wildman–Crippen LogP) is 11.2. The van der Waals surface area contributed by atoms with Crippen LogP contribution in [0.25, 0.3) is 0 Å². The van der Waals surface area contributed by atoms with Crippen LogP contribution in [0.4, 0.5) is 0 Å². The molecule has 8 aliphatic rings. The lowest BCUT2D eigenvalue weighted by Crippen LogP contribution is -2.58. The molecule has 10 atom stereocenters. The van der Waals surface area contributed by atoms with E-state index in [9.17, 15) is 28.8 Å². The van der Waals surface area contributed by atoms with Crippen molar-refractivity contribution in [1.29, 1.82) is 0 Å². The summed E-state index contributed by atoms with van der Waals surface area (Å²) in [7, 11) is 0. The first-order chi connectivity index (χ1) is 26.7. The summed E-state index contributed by atoms with van der Waals surface area (Å²) in [5.41, 5.74) is -0.443. The third-order valence-electron chi connectivity index (χ3n) is 15.4. The Balaban J connectivity index is 0.000000791. The van der Waals surface area contributed by atoms with Gasteiger partial charge in [-0.25, -0.2) is 4.79 Å². The molecule has 0 spiro atoms. The van der Waals surface area contributed by atoms with Crippen LogP contribution in [0, 0.1) is 76.9 Å². The van der Waals surface area contributed by atoms with Gasteiger partial charge in [0, 0.05) is 6.42 Å². The lowest BCUT2D eigenvalue weighted by molar-refractivity contribution is -0.206. The van der Waals surface area contributed by atoms with Crippen LogP contribution in [0.1, 0.15) is 183 Å². The summed E-state index contributed by atoms with van der Waals surface area (Å²) in [5, 5.41) is 0. The molecule has 0 radical (unpaired) electrons. The Morgan fingerprint density at radius 3 is 1.59 bits per heavy atom. The summed E-state index contributed by atoms with van der Waals surface area (Å²) < 4.78 is 25.6. The lowest BCUT2D eigenvalue weighted by Gasteiger charge is -2.59. The fourth-order valence-electron chi connectivity index (χ4n) is 10.1. The maximum Gasteiger partial charge on any atom is 0.347 e. The van der Waals surface area contributed by atoms with Gasteiger partial charge in [0.1, 0.15) is 11.2 Å². The molecule has 11 heteroatoms. The highest BCUT2D eigenvalue weighted by atomic mass is 16.6. The monoisotopic (exact) mass is 867 g/mol. The van der Waals surface area contributed by atoms with Crippen LogP contribution in [0.2, 0.25) is 0 Å². The van der Waals surface area contributed by atoms with Gasteiger partial charge in [-0.1, -0.05) is 92.0 Å². The van der Waals surface area contributed by atoms with Crippen LogP contribution < -0.4 is 0 Å². The number of hydrogen-bond donors (Lipinski definition) is 0. The smallest absolute Gasteiger partial charge is 0.347 e. The molecule has 8 fully saturated rings. The number of carbonyl (C=O) groups excluding carboxylic acids is 6. The van der Waals surface area contributed by atoms with E-state index >= 15 is 0 Å². The van der Waals surface area contributed by atoms with E-state index in [0.29, 0.717) is 36.7 Å². The van der Waals surface area contributed by atoms with E-state index in [1.54, 1.807) is 20.8 Å². The molecule has 6 saturated carbocycles. The van der Waals surface area contributed by atoms with Crippen LogP contribution in [-0.2, 0) is 52.5 Å². The highest BCUT2D eigenvalue weighted by Crippen LogP contribution is 2.59. The highest BCUT2D eigenvalue weighted by molar-refractivity contribution is 5.95. The van der Waals surface area contributed by atoms with Gasteiger partial charge in [0.25, 0.3) is 0 Å². The van der Waals surface area contributed by atoms with E-state index in [1.807, 2.05) is 27.7 Å². The Morgan fingerprint density at radius 1 is 0.721 bits per heavy atom. The van der Waals surface area contributed by atoms with Crippen molar-refractivity contribution in [3.8, 4) is 0 Å². The molecule has 0 aromatic rings. The molecule has 0 amide bonds. The number of cyclic esters (lactones) is 3. The Kier molecular flexibility index (Phi) is 23.0. The van der Waals surface area contributed by atoms with Crippen molar-refractivity contribution in [2.75, 3.05) is 6.61 Å². The van der Waals surface area contributed by atoms with Crippen molar-refractivity contribution < 1.29 is 52.5 Å². The van der Waals surface area contributed by atoms with E-state index in [0.717, 1.165) is 49.4 Å². The molecule has 6 bridgehead atoms. The van der Waals surface area contributed by atoms with Crippen LogP contribution >= 0.6 is 0 Å². The van der Waals surface area contributed by atoms with Crippen LogP contribution in [-0.4, -0.2) is 59.7 Å². The maximum absolute atomic E-state index is 12.2. The minimum Gasteiger partial charge on any atom is -0.463 e. The molecular formula is C50H90O11. The predicted molar refractivity (Wildman–Crippen MR) is 241 cm³/mol. The van der Waals surface area contributed by atoms with E-state index < -0.39 is 24.0 Å².